The number of thiophene rings is 1. The smallest absolute Gasteiger partial charge is 0.263 e. The van der Waals surface area contributed by atoms with Crippen molar-refractivity contribution >= 4 is 27.5 Å². The van der Waals surface area contributed by atoms with Gasteiger partial charge in [-0.25, -0.2) is 9.37 Å². The lowest BCUT2D eigenvalue weighted by molar-refractivity contribution is -0.123. The molecule has 1 aliphatic rings. The van der Waals surface area contributed by atoms with E-state index >= 15 is 0 Å². The second-order valence-corrected chi connectivity index (χ2v) is 8.17. The van der Waals surface area contributed by atoms with Gasteiger partial charge < -0.3 is 5.32 Å². The molecule has 0 saturated heterocycles. The van der Waals surface area contributed by atoms with E-state index in [1.54, 1.807) is 12.1 Å². The molecule has 2 aromatic heterocycles. The maximum absolute atomic E-state index is 13.2. The third kappa shape index (κ3) is 3.78. The van der Waals surface area contributed by atoms with Gasteiger partial charge in [0.15, 0.2) is 0 Å². The third-order valence-electron chi connectivity index (χ3n) is 5.33. The van der Waals surface area contributed by atoms with Crippen LogP contribution in [0.1, 0.15) is 32.1 Å². The number of aromatic nitrogens is 2. The van der Waals surface area contributed by atoms with Crippen molar-refractivity contribution in [1.29, 1.82) is 5.26 Å². The quantitative estimate of drug-likeness (QED) is 0.712. The second kappa shape index (κ2) is 7.76. The number of rotatable bonds is 4. The summed E-state index contributed by atoms with van der Waals surface area (Å²) in [5.41, 5.74) is 0.195. The van der Waals surface area contributed by atoms with Crippen LogP contribution < -0.4 is 10.9 Å². The summed E-state index contributed by atoms with van der Waals surface area (Å²) in [6.45, 7) is -0.204. The largest absolute Gasteiger partial charge is 0.336 e. The SMILES string of the molecule is N#CC1(NC(=O)Cn2cnc3scc(-c4ccc(F)cc4)c3c2=O)CCCCC1. The number of hydrogen-bond donors (Lipinski definition) is 1. The molecule has 29 heavy (non-hydrogen) atoms. The summed E-state index contributed by atoms with van der Waals surface area (Å²) in [5.74, 6) is -0.732. The molecule has 1 N–H and O–H groups in total. The number of carbonyl (C=O) groups is 1. The molecule has 1 saturated carbocycles. The molecule has 0 spiro atoms. The zero-order valence-electron chi connectivity index (χ0n) is 15.7. The van der Waals surface area contributed by atoms with E-state index in [2.05, 4.69) is 16.4 Å². The third-order valence-corrected chi connectivity index (χ3v) is 6.22. The van der Waals surface area contributed by atoms with E-state index in [9.17, 15) is 19.2 Å². The topological polar surface area (TPSA) is 87.8 Å². The molecule has 3 aromatic rings. The predicted octanol–water partition coefficient (Wildman–Crippen LogP) is 3.61. The zero-order valence-corrected chi connectivity index (χ0v) is 16.5. The van der Waals surface area contributed by atoms with Gasteiger partial charge in [0.1, 0.15) is 22.7 Å². The van der Waals surface area contributed by atoms with Gasteiger partial charge in [-0.2, -0.15) is 5.26 Å². The Morgan fingerprint density at radius 2 is 2.00 bits per heavy atom. The molecule has 148 valence electrons. The van der Waals surface area contributed by atoms with Crippen molar-refractivity contribution in [2.45, 2.75) is 44.2 Å². The number of nitrogens with one attached hydrogen (secondary N) is 1. The van der Waals surface area contributed by atoms with Crippen molar-refractivity contribution in [2.75, 3.05) is 0 Å². The van der Waals surface area contributed by atoms with Crippen LogP contribution in [0.15, 0.2) is 40.8 Å². The van der Waals surface area contributed by atoms with E-state index in [-0.39, 0.29) is 23.8 Å². The van der Waals surface area contributed by atoms with E-state index in [4.69, 9.17) is 0 Å². The minimum atomic E-state index is -0.849. The number of nitrogens with zero attached hydrogens (tertiary/aromatic N) is 3. The fourth-order valence-electron chi connectivity index (χ4n) is 3.80. The van der Waals surface area contributed by atoms with Crippen molar-refractivity contribution in [2.24, 2.45) is 0 Å². The van der Waals surface area contributed by atoms with Crippen LogP contribution in [0.4, 0.5) is 4.39 Å². The summed E-state index contributed by atoms with van der Waals surface area (Å²) in [4.78, 5) is 30.5. The van der Waals surface area contributed by atoms with E-state index in [0.29, 0.717) is 34.2 Å². The molecule has 8 heteroatoms. The number of carbonyl (C=O) groups excluding carboxylic acids is 1. The van der Waals surface area contributed by atoms with Gasteiger partial charge in [-0.3, -0.25) is 14.2 Å². The van der Waals surface area contributed by atoms with Crippen molar-refractivity contribution in [3.63, 3.8) is 0 Å². The van der Waals surface area contributed by atoms with Crippen LogP contribution in [-0.4, -0.2) is 21.0 Å². The maximum atomic E-state index is 13.2. The van der Waals surface area contributed by atoms with Crippen LogP contribution in [-0.2, 0) is 11.3 Å². The first kappa shape index (κ1) is 19.3. The zero-order chi connectivity index (χ0) is 20.4. The number of nitriles is 1. The van der Waals surface area contributed by atoms with Gasteiger partial charge in [0, 0.05) is 10.9 Å². The van der Waals surface area contributed by atoms with Crippen LogP contribution in [0.3, 0.4) is 0 Å². The lowest BCUT2D eigenvalue weighted by atomic mass is 9.83. The van der Waals surface area contributed by atoms with E-state index in [1.165, 1.54) is 34.4 Å². The summed E-state index contributed by atoms with van der Waals surface area (Å²) in [6.07, 6.45) is 5.47. The standard InChI is InChI=1S/C21H19FN4O2S/c22-15-6-4-14(5-7-15)16-11-29-19-18(16)20(28)26(13-24-19)10-17(27)25-21(12-23)8-2-1-3-9-21/h4-7,11,13H,1-3,8-10H2,(H,25,27). The van der Waals surface area contributed by atoms with Crippen LogP contribution in [0.25, 0.3) is 21.3 Å². The van der Waals surface area contributed by atoms with Gasteiger partial charge >= 0.3 is 0 Å². The highest BCUT2D eigenvalue weighted by atomic mass is 32.1. The van der Waals surface area contributed by atoms with Gasteiger partial charge in [0.05, 0.1) is 17.8 Å². The normalized spacial score (nSPS) is 15.7. The summed E-state index contributed by atoms with van der Waals surface area (Å²) < 4.78 is 14.5. The highest BCUT2D eigenvalue weighted by molar-refractivity contribution is 7.17. The van der Waals surface area contributed by atoms with Crippen LogP contribution in [0, 0.1) is 17.1 Å². The Morgan fingerprint density at radius 3 is 2.69 bits per heavy atom. The number of halogens is 1. The Morgan fingerprint density at radius 1 is 1.28 bits per heavy atom. The molecule has 4 rings (SSSR count). The molecular formula is C21H19FN4O2S. The summed E-state index contributed by atoms with van der Waals surface area (Å²) >= 11 is 1.32. The Hall–Kier alpha value is -3.05. The van der Waals surface area contributed by atoms with Gasteiger partial charge in [-0.15, -0.1) is 11.3 Å². The van der Waals surface area contributed by atoms with Gasteiger partial charge in [0.2, 0.25) is 5.91 Å². The van der Waals surface area contributed by atoms with Crippen molar-refractivity contribution in [3.8, 4) is 17.2 Å². The molecule has 1 amide bonds. The molecule has 0 radical (unpaired) electrons. The second-order valence-electron chi connectivity index (χ2n) is 7.32. The van der Waals surface area contributed by atoms with E-state index in [1.807, 2.05) is 5.38 Å². The molecule has 6 nitrogen and oxygen atoms in total. The molecular weight excluding hydrogens is 391 g/mol. The molecule has 0 bridgehead atoms. The highest BCUT2D eigenvalue weighted by Crippen LogP contribution is 2.31. The predicted molar refractivity (Wildman–Crippen MR) is 109 cm³/mol. The molecule has 1 aliphatic carbocycles. The lowest BCUT2D eigenvalue weighted by Gasteiger charge is -2.31. The van der Waals surface area contributed by atoms with Crippen LogP contribution in [0.5, 0.6) is 0 Å². The van der Waals surface area contributed by atoms with Gasteiger partial charge in [-0.1, -0.05) is 31.4 Å². The molecule has 1 aromatic carbocycles. The minimum Gasteiger partial charge on any atom is -0.336 e. The average molecular weight is 410 g/mol. The number of fused-ring (bicyclic) bond motifs is 1. The Bertz CT molecular complexity index is 1150. The molecule has 0 atom stereocenters. The van der Waals surface area contributed by atoms with E-state index < -0.39 is 5.54 Å². The summed E-state index contributed by atoms with van der Waals surface area (Å²) in [7, 11) is 0. The van der Waals surface area contributed by atoms with Crippen molar-refractivity contribution < 1.29 is 9.18 Å². The Labute approximate surface area is 170 Å². The molecule has 0 aliphatic heterocycles. The lowest BCUT2D eigenvalue weighted by Crippen LogP contribution is -2.50. The monoisotopic (exact) mass is 410 g/mol. The first-order chi connectivity index (χ1) is 14.0. The fourth-order valence-corrected chi connectivity index (χ4v) is 4.71. The first-order valence-electron chi connectivity index (χ1n) is 9.46. The maximum Gasteiger partial charge on any atom is 0.263 e. The number of benzene rings is 1. The van der Waals surface area contributed by atoms with Crippen LogP contribution >= 0.6 is 11.3 Å². The van der Waals surface area contributed by atoms with Gasteiger partial charge in [-0.05, 0) is 30.5 Å². The first-order valence-corrected chi connectivity index (χ1v) is 10.3. The fraction of sp³-hybridized carbons (Fsp3) is 0.333. The molecule has 2 heterocycles. The highest BCUT2D eigenvalue weighted by Gasteiger charge is 2.33. The summed E-state index contributed by atoms with van der Waals surface area (Å²) in [6, 6.07) is 8.15. The Balaban J connectivity index is 1.63. The number of amides is 1. The minimum absolute atomic E-state index is 0.204. The van der Waals surface area contributed by atoms with Crippen molar-refractivity contribution in [3.05, 3.63) is 52.1 Å². The molecule has 1 fully saturated rings. The number of hydrogen-bond acceptors (Lipinski definition) is 5. The summed E-state index contributed by atoms with van der Waals surface area (Å²) in [5, 5.41) is 14.6. The average Bonchev–Trinajstić information content (AvgIpc) is 3.16. The Kier molecular flexibility index (Phi) is 5.16. The molecule has 0 unspecified atom stereocenters. The van der Waals surface area contributed by atoms with Crippen LogP contribution in [0.2, 0.25) is 0 Å². The van der Waals surface area contributed by atoms with E-state index in [0.717, 1.165) is 19.3 Å². The van der Waals surface area contributed by atoms with Crippen molar-refractivity contribution in [1.82, 2.24) is 14.9 Å². The van der Waals surface area contributed by atoms with Gasteiger partial charge in [0.25, 0.3) is 5.56 Å².